The van der Waals surface area contributed by atoms with Gasteiger partial charge in [-0.15, -0.1) is 11.3 Å². The molecule has 0 aliphatic carbocycles. The van der Waals surface area contributed by atoms with Crippen molar-refractivity contribution in [1.29, 1.82) is 0 Å². The van der Waals surface area contributed by atoms with Crippen LogP contribution < -0.4 is 5.32 Å². The Morgan fingerprint density at radius 3 is 2.88 bits per heavy atom. The minimum absolute atomic E-state index is 0.569. The summed E-state index contributed by atoms with van der Waals surface area (Å²) in [4.78, 5) is 5.09. The number of thiazole rings is 1. The van der Waals surface area contributed by atoms with Gasteiger partial charge in [0.05, 0.1) is 6.54 Å². The van der Waals surface area contributed by atoms with Crippen LogP contribution in [0, 0.1) is 6.92 Å². The molecule has 0 saturated heterocycles. The van der Waals surface area contributed by atoms with Crippen LogP contribution >= 0.6 is 34.5 Å². The molecule has 0 aliphatic rings. The lowest BCUT2D eigenvalue weighted by molar-refractivity contribution is 1.16. The van der Waals surface area contributed by atoms with Crippen molar-refractivity contribution in [2.24, 2.45) is 0 Å². The summed E-state index contributed by atoms with van der Waals surface area (Å²) >= 11 is 13.2. The Balaban J connectivity index is 2.07. The molecule has 5 heteroatoms. The maximum absolute atomic E-state index is 5.93. The molecule has 0 fully saturated rings. The van der Waals surface area contributed by atoms with Crippen molar-refractivity contribution in [2.75, 3.05) is 5.32 Å². The molecule has 16 heavy (non-hydrogen) atoms. The molecule has 0 aliphatic heterocycles. The number of benzene rings is 1. The van der Waals surface area contributed by atoms with E-state index in [-0.39, 0.29) is 0 Å². The molecule has 1 aromatic heterocycles. The van der Waals surface area contributed by atoms with E-state index in [1.165, 1.54) is 16.9 Å². The summed E-state index contributed by atoms with van der Waals surface area (Å²) in [6, 6.07) is 5.79. The first kappa shape index (κ1) is 11.7. The van der Waals surface area contributed by atoms with E-state index in [2.05, 4.69) is 10.3 Å². The van der Waals surface area contributed by atoms with Crippen molar-refractivity contribution in [3.63, 3.8) is 0 Å². The van der Waals surface area contributed by atoms with Gasteiger partial charge < -0.3 is 5.32 Å². The van der Waals surface area contributed by atoms with Crippen LogP contribution in [0.25, 0.3) is 0 Å². The van der Waals surface area contributed by atoms with E-state index in [0.717, 1.165) is 15.6 Å². The molecule has 1 N–H and O–H groups in total. The molecule has 84 valence electrons. The predicted octanol–water partition coefficient (Wildman–Crippen LogP) is 4.37. The Morgan fingerprint density at radius 2 is 2.19 bits per heavy atom. The third kappa shape index (κ3) is 2.88. The van der Waals surface area contributed by atoms with Gasteiger partial charge in [0, 0.05) is 21.8 Å². The highest BCUT2D eigenvalue weighted by molar-refractivity contribution is 7.15. The zero-order chi connectivity index (χ0) is 11.5. The van der Waals surface area contributed by atoms with Gasteiger partial charge in [0.25, 0.3) is 0 Å². The molecule has 0 spiro atoms. The van der Waals surface area contributed by atoms with E-state index in [0.29, 0.717) is 11.0 Å². The van der Waals surface area contributed by atoms with Crippen LogP contribution in [-0.2, 0) is 6.54 Å². The van der Waals surface area contributed by atoms with E-state index < -0.39 is 0 Å². The normalized spacial score (nSPS) is 10.4. The van der Waals surface area contributed by atoms with Crippen molar-refractivity contribution in [1.82, 2.24) is 4.98 Å². The largest absolute Gasteiger partial charge is 0.380 e. The minimum Gasteiger partial charge on any atom is -0.380 e. The molecule has 1 heterocycles. The highest BCUT2D eigenvalue weighted by Crippen LogP contribution is 2.23. The molecule has 0 unspecified atom stereocenters. The van der Waals surface area contributed by atoms with Gasteiger partial charge >= 0.3 is 0 Å². The molecule has 0 amide bonds. The van der Waals surface area contributed by atoms with Crippen molar-refractivity contribution in [3.05, 3.63) is 44.3 Å². The van der Waals surface area contributed by atoms with Crippen LogP contribution in [0.3, 0.4) is 0 Å². The third-order valence-corrected chi connectivity index (χ3v) is 3.53. The number of halogens is 2. The van der Waals surface area contributed by atoms with Crippen LogP contribution in [0.1, 0.15) is 10.4 Å². The monoisotopic (exact) mass is 272 g/mol. The Morgan fingerprint density at radius 1 is 1.38 bits per heavy atom. The van der Waals surface area contributed by atoms with Crippen molar-refractivity contribution in [3.8, 4) is 0 Å². The van der Waals surface area contributed by atoms with Gasteiger partial charge in [0.1, 0.15) is 0 Å². The van der Waals surface area contributed by atoms with Crippen LogP contribution in [0.15, 0.2) is 24.4 Å². The lowest BCUT2D eigenvalue weighted by atomic mass is 10.2. The van der Waals surface area contributed by atoms with E-state index in [4.69, 9.17) is 23.2 Å². The number of anilines is 1. The second-order valence-corrected chi connectivity index (χ2v) is 5.53. The number of nitrogens with zero attached hydrogens (tertiary/aromatic N) is 1. The first-order valence-corrected chi connectivity index (χ1v) is 6.32. The lowest BCUT2D eigenvalue weighted by Gasteiger charge is -2.08. The van der Waals surface area contributed by atoms with E-state index >= 15 is 0 Å². The molecule has 2 aromatic rings. The van der Waals surface area contributed by atoms with Gasteiger partial charge in [0.2, 0.25) is 0 Å². The minimum atomic E-state index is 0.569. The van der Waals surface area contributed by atoms with Gasteiger partial charge in [-0.3, -0.25) is 0 Å². The van der Waals surface area contributed by atoms with Gasteiger partial charge in [-0.1, -0.05) is 29.3 Å². The first-order chi connectivity index (χ1) is 7.65. The maximum Gasteiger partial charge on any atom is 0.183 e. The Hall–Kier alpha value is -0.770. The summed E-state index contributed by atoms with van der Waals surface area (Å²) in [5, 5.41) is 4.04. The van der Waals surface area contributed by atoms with Gasteiger partial charge in [-0.05, 0) is 24.6 Å². The average Bonchev–Trinajstić information content (AvgIpc) is 2.66. The summed E-state index contributed by atoms with van der Waals surface area (Å²) < 4.78 is 0.569. The maximum atomic E-state index is 5.93. The number of rotatable bonds is 3. The summed E-state index contributed by atoms with van der Waals surface area (Å²) in [6.45, 7) is 2.75. The summed E-state index contributed by atoms with van der Waals surface area (Å²) in [5.41, 5.74) is 2.21. The molecular formula is C11H10Cl2N2S. The van der Waals surface area contributed by atoms with Crippen LogP contribution in [0.2, 0.25) is 9.49 Å². The predicted molar refractivity (Wildman–Crippen MR) is 70.6 cm³/mol. The molecule has 2 nitrogen and oxygen atoms in total. The lowest BCUT2D eigenvalue weighted by Crippen LogP contribution is -1.99. The number of hydrogen-bond acceptors (Lipinski definition) is 3. The molecule has 0 atom stereocenters. The Labute approximate surface area is 108 Å². The summed E-state index contributed by atoms with van der Waals surface area (Å²) in [5.74, 6) is 0. The van der Waals surface area contributed by atoms with E-state index in [9.17, 15) is 0 Å². The summed E-state index contributed by atoms with van der Waals surface area (Å²) in [6.07, 6.45) is 1.78. The second kappa shape index (κ2) is 5.04. The fourth-order valence-electron chi connectivity index (χ4n) is 1.33. The van der Waals surface area contributed by atoms with Crippen LogP contribution in [0.5, 0.6) is 0 Å². The van der Waals surface area contributed by atoms with Crippen molar-refractivity contribution in [2.45, 2.75) is 13.5 Å². The van der Waals surface area contributed by atoms with E-state index in [1.54, 1.807) is 6.20 Å². The SMILES string of the molecule is Cc1ccc(Cl)cc1NCc1cnc(Cl)s1. The van der Waals surface area contributed by atoms with Gasteiger partial charge in [-0.2, -0.15) is 0 Å². The Kier molecular flexibility index (Phi) is 3.69. The van der Waals surface area contributed by atoms with Crippen molar-refractivity contribution < 1.29 is 0 Å². The zero-order valence-electron chi connectivity index (χ0n) is 8.63. The van der Waals surface area contributed by atoms with Gasteiger partial charge in [0.15, 0.2) is 4.47 Å². The van der Waals surface area contributed by atoms with Gasteiger partial charge in [-0.25, -0.2) is 4.98 Å². The smallest absolute Gasteiger partial charge is 0.183 e. The number of aryl methyl sites for hydroxylation is 1. The molecule has 1 aromatic carbocycles. The highest BCUT2D eigenvalue weighted by atomic mass is 35.5. The second-order valence-electron chi connectivity index (χ2n) is 3.39. The fraction of sp³-hybridized carbons (Fsp3) is 0.182. The molecule has 0 bridgehead atoms. The molecular weight excluding hydrogens is 263 g/mol. The number of aromatic nitrogens is 1. The third-order valence-electron chi connectivity index (χ3n) is 2.18. The Bertz CT molecular complexity index is 496. The fourth-order valence-corrected chi connectivity index (χ4v) is 2.42. The molecule has 2 rings (SSSR count). The van der Waals surface area contributed by atoms with Crippen LogP contribution in [0.4, 0.5) is 5.69 Å². The number of nitrogens with one attached hydrogen (secondary N) is 1. The zero-order valence-corrected chi connectivity index (χ0v) is 11.0. The standard InChI is InChI=1S/C11H10Cl2N2S/c1-7-2-3-8(12)4-10(7)14-5-9-6-15-11(13)16-9/h2-4,6,14H,5H2,1H3. The van der Waals surface area contributed by atoms with Crippen molar-refractivity contribution >= 4 is 40.2 Å². The number of hydrogen-bond donors (Lipinski definition) is 1. The van der Waals surface area contributed by atoms with Crippen LogP contribution in [-0.4, -0.2) is 4.98 Å². The quantitative estimate of drug-likeness (QED) is 0.898. The first-order valence-electron chi connectivity index (χ1n) is 4.75. The topological polar surface area (TPSA) is 24.9 Å². The average molecular weight is 273 g/mol. The highest BCUT2D eigenvalue weighted by Gasteiger charge is 2.02. The molecule has 0 radical (unpaired) electrons. The molecule has 0 saturated carbocycles. The van der Waals surface area contributed by atoms with E-state index in [1.807, 2.05) is 25.1 Å². The summed E-state index contributed by atoms with van der Waals surface area (Å²) in [7, 11) is 0.